The molecule has 1 aromatic heterocycles. The Bertz CT molecular complexity index is 832. The summed E-state index contributed by atoms with van der Waals surface area (Å²) in [5.41, 5.74) is 2.93. The van der Waals surface area contributed by atoms with Crippen LogP contribution < -0.4 is 10.1 Å². The lowest BCUT2D eigenvalue weighted by Crippen LogP contribution is -2.11. The molecule has 1 amide bonds. The highest BCUT2D eigenvalue weighted by molar-refractivity contribution is 6.99. The van der Waals surface area contributed by atoms with Crippen molar-refractivity contribution in [1.82, 2.24) is 8.75 Å². The van der Waals surface area contributed by atoms with Gasteiger partial charge in [-0.1, -0.05) is 11.6 Å². The topological polar surface area (TPSA) is 64.1 Å². The minimum absolute atomic E-state index is 0.191. The number of carbonyl (C=O) groups is 1. The number of nitrogens with zero attached hydrogens (tertiary/aromatic N) is 2. The normalized spacial score (nSPS) is 10.4. The van der Waals surface area contributed by atoms with Gasteiger partial charge in [-0.05, 0) is 55.5 Å². The van der Waals surface area contributed by atoms with E-state index in [4.69, 9.17) is 16.3 Å². The highest BCUT2D eigenvalue weighted by Gasteiger charge is 2.08. The van der Waals surface area contributed by atoms with Gasteiger partial charge in [0.25, 0.3) is 5.91 Å². The number of ether oxygens (including phenoxy) is 1. The fourth-order valence-corrected chi connectivity index (χ4v) is 2.65. The number of hydrogen-bond donors (Lipinski definition) is 1. The van der Waals surface area contributed by atoms with Gasteiger partial charge in [-0.25, -0.2) is 0 Å². The highest BCUT2D eigenvalue weighted by atomic mass is 35.5. The fourth-order valence-electron chi connectivity index (χ4n) is 1.97. The second-order valence-corrected chi connectivity index (χ2v) is 6.04. The molecule has 0 aliphatic carbocycles. The SMILES string of the molecule is Cc1nsnc1COc1ccc(C(=O)Nc2ccc(Cl)cc2)cc1. The molecule has 0 bridgehead atoms. The standard InChI is InChI=1S/C17H14ClN3O2S/c1-11-16(21-24-20-11)10-23-15-8-2-12(3-9-15)17(22)19-14-6-4-13(18)5-7-14/h2-9H,10H2,1H3,(H,19,22). The number of amides is 1. The van der Waals surface area contributed by atoms with Gasteiger partial charge >= 0.3 is 0 Å². The Labute approximate surface area is 148 Å². The summed E-state index contributed by atoms with van der Waals surface area (Å²) < 4.78 is 13.9. The van der Waals surface area contributed by atoms with Gasteiger partial charge in [-0.15, -0.1) is 0 Å². The third kappa shape index (κ3) is 4.10. The van der Waals surface area contributed by atoms with Crippen LogP contribution in [0.2, 0.25) is 5.02 Å². The monoisotopic (exact) mass is 359 g/mol. The van der Waals surface area contributed by atoms with Gasteiger partial charge in [0.1, 0.15) is 18.1 Å². The molecule has 0 saturated heterocycles. The van der Waals surface area contributed by atoms with E-state index in [-0.39, 0.29) is 5.91 Å². The van der Waals surface area contributed by atoms with Crippen LogP contribution in [-0.2, 0) is 6.61 Å². The van der Waals surface area contributed by atoms with Crippen molar-refractivity contribution in [2.24, 2.45) is 0 Å². The lowest BCUT2D eigenvalue weighted by molar-refractivity contribution is 0.102. The Kier molecular flexibility index (Phi) is 5.08. The Morgan fingerprint density at radius 2 is 1.83 bits per heavy atom. The summed E-state index contributed by atoms with van der Waals surface area (Å²) in [5, 5.41) is 3.44. The van der Waals surface area contributed by atoms with Gasteiger partial charge < -0.3 is 10.1 Å². The van der Waals surface area contributed by atoms with E-state index < -0.39 is 0 Å². The predicted molar refractivity (Wildman–Crippen MR) is 94.8 cm³/mol. The van der Waals surface area contributed by atoms with Crippen LogP contribution in [0, 0.1) is 6.92 Å². The molecular formula is C17H14ClN3O2S. The molecular weight excluding hydrogens is 346 g/mol. The molecule has 0 aliphatic rings. The van der Waals surface area contributed by atoms with Crippen molar-refractivity contribution in [3.8, 4) is 5.75 Å². The number of aryl methyl sites for hydroxylation is 1. The number of anilines is 1. The Morgan fingerprint density at radius 3 is 2.46 bits per heavy atom. The van der Waals surface area contributed by atoms with Crippen LogP contribution in [0.25, 0.3) is 0 Å². The third-order valence-electron chi connectivity index (χ3n) is 3.34. The average molecular weight is 360 g/mol. The largest absolute Gasteiger partial charge is 0.487 e. The molecule has 0 saturated carbocycles. The minimum atomic E-state index is -0.191. The van der Waals surface area contributed by atoms with E-state index in [9.17, 15) is 4.79 Å². The zero-order valence-corrected chi connectivity index (χ0v) is 14.4. The van der Waals surface area contributed by atoms with Crippen LogP contribution in [0.15, 0.2) is 48.5 Å². The second-order valence-electron chi connectivity index (χ2n) is 5.07. The lowest BCUT2D eigenvalue weighted by Gasteiger charge is -2.07. The highest BCUT2D eigenvalue weighted by Crippen LogP contribution is 2.17. The van der Waals surface area contributed by atoms with E-state index in [1.807, 2.05) is 6.92 Å². The first-order chi connectivity index (χ1) is 11.6. The number of carbonyl (C=O) groups excluding carboxylic acids is 1. The molecule has 5 nitrogen and oxygen atoms in total. The van der Waals surface area contributed by atoms with Gasteiger partial charge in [-0.2, -0.15) is 8.75 Å². The first-order valence-corrected chi connectivity index (χ1v) is 8.30. The fraction of sp³-hybridized carbons (Fsp3) is 0.118. The van der Waals surface area contributed by atoms with E-state index in [0.29, 0.717) is 28.6 Å². The van der Waals surface area contributed by atoms with Gasteiger partial charge in [0, 0.05) is 16.3 Å². The molecule has 0 atom stereocenters. The Morgan fingerprint density at radius 1 is 1.12 bits per heavy atom. The van der Waals surface area contributed by atoms with Crippen molar-refractivity contribution in [1.29, 1.82) is 0 Å². The molecule has 0 radical (unpaired) electrons. The third-order valence-corrected chi connectivity index (χ3v) is 4.25. The van der Waals surface area contributed by atoms with Crippen molar-refractivity contribution < 1.29 is 9.53 Å². The number of hydrogen-bond acceptors (Lipinski definition) is 5. The maximum absolute atomic E-state index is 12.2. The molecule has 122 valence electrons. The zero-order valence-electron chi connectivity index (χ0n) is 12.8. The number of aromatic nitrogens is 2. The van der Waals surface area contributed by atoms with Gasteiger partial charge in [0.05, 0.1) is 17.4 Å². The van der Waals surface area contributed by atoms with Crippen LogP contribution in [-0.4, -0.2) is 14.7 Å². The minimum Gasteiger partial charge on any atom is -0.487 e. The summed E-state index contributed by atoms with van der Waals surface area (Å²) in [6.45, 7) is 2.26. The molecule has 3 rings (SSSR count). The van der Waals surface area contributed by atoms with Crippen LogP contribution in [0.1, 0.15) is 21.7 Å². The number of nitrogens with one attached hydrogen (secondary N) is 1. The smallest absolute Gasteiger partial charge is 0.255 e. The summed E-state index contributed by atoms with van der Waals surface area (Å²) >= 11 is 6.99. The molecule has 0 spiro atoms. The predicted octanol–water partition coefficient (Wildman–Crippen LogP) is 4.33. The Hall–Kier alpha value is -2.44. The summed E-state index contributed by atoms with van der Waals surface area (Å²) in [6.07, 6.45) is 0. The number of halogens is 1. The van der Waals surface area contributed by atoms with Crippen LogP contribution in [0.5, 0.6) is 5.75 Å². The summed E-state index contributed by atoms with van der Waals surface area (Å²) in [5.74, 6) is 0.480. The number of benzene rings is 2. The molecule has 0 aliphatic heterocycles. The second kappa shape index (κ2) is 7.42. The molecule has 3 aromatic rings. The van der Waals surface area contributed by atoms with Crippen LogP contribution in [0.3, 0.4) is 0 Å². The molecule has 0 unspecified atom stereocenters. The molecule has 1 heterocycles. The van der Waals surface area contributed by atoms with Gasteiger partial charge in [0.15, 0.2) is 0 Å². The summed E-state index contributed by atoms with van der Waals surface area (Å²) in [6, 6.07) is 13.9. The van der Waals surface area contributed by atoms with Crippen molar-refractivity contribution in [2.45, 2.75) is 13.5 Å². The zero-order chi connectivity index (χ0) is 16.9. The number of rotatable bonds is 5. The van der Waals surface area contributed by atoms with Gasteiger partial charge in [0.2, 0.25) is 0 Å². The van der Waals surface area contributed by atoms with E-state index >= 15 is 0 Å². The van der Waals surface area contributed by atoms with E-state index in [1.54, 1.807) is 48.5 Å². The quantitative estimate of drug-likeness (QED) is 0.736. The molecule has 2 aromatic carbocycles. The summed E-state index contributed by atoms with van der Waals surface area (Å²) in [4.78, 5) is 12.2. The molecule has 0 fully saturated rings. The first-order valence-electron chi connectivity index (χ1n) is 7.19. The van der Waals surface area contributed by atoms with Gasteiger partial charge in [-0.3, -0.25) is 4.79 Å². The van der Waals surface area contributed by atoms with Crippen LogP contribution >= 0.6 is 23.3 Å². The van der Waals surface area contributed by atoms with Crippen molar-refractivity contribution in [3.63, 3.8) is 0 Å². The maximum Gasteiger partial charge on any atom is 0.255 e. The van der Waals surface area contributed by atoms with Crippen molar-refractivity contribution in [2.75, 3.05) is 5.32 Å². The van der Waals surface area contributed by atoms with E-state index in [1.165, 1.54) is 11.7 Å². The molecule has 24 heavy (non-hydrogen) atoms. The molecule has 1 N–H and O–H groups in total. The maximum atomic E-state index is 12.2. The first kappa shape index (κ1) is 16.4. The van der Waals surface area contributed by atoms with E-state index in [0.717, 1.165) is 11.4 Å². The molecule has 7 heteroatoms. The lowest BCUT2D eigenvalue weighted by atomic mass is 10.2. The van der Waals surface area contributed by atoms with E-state index in [2.05, 4.69) is 14.1 Å². The summed E-state index contributed by atoms with van der Waals surface area (Å²) in [7, 11) is 0. The average Bonchev–Trinajstić information content (AvgIpc) is 3.00. The Balaban J connectivity index is 1.60. The van der Waals surface area contributed by atoms with Crippen molar-refractivity contribution >= 4 is 34.9 Å². The van der Waals surface area contributed by atoms with Crippen molar-refractivity contribution in [3.05, 3.63) is 70.5 Å². The van der Waals surface area contributed by atoms with Crippen LogP contribution in [0.4, 0.5) is 5.69 Å².